The lowest BCUT2D eigenvalue weighted by Gasteiger charge is -2.14. The maximum Gasteiger partial charge on any atom is 0.0477 e. The van der Waals surface area contributed by atoms with Crippen LogP contribution in [0.4, 0.5) is 0 Å². The Balaban J connectivity index is 1.92. The van der Waals surface area contributed by atoms with Crippen molar-refractivity contribution in [3.63, 3.8) is 0 Å². The third-order valence-corrected chi connectivity index (χ3v) is 2.75. The first-order valence-electron chi connectivity index (χ1n) is 5.11. The second-order valence-corrected chi connectivity index (χ2v) is 4.48. The van der Waals surface area contributed by atoms with Gasteiger partial charge in [0.25, 0.3) is 0 Å². The fraction of sp³-hybridized carbons (Fsp3) is 1.00. The van der Waals surface area contributed by atoms with Crippen LogP contribution < -0.4 is 11.1 Å². The van der Waals surface area contributed by atoms with E-state index in [1.807, 2.05) is 0 Å². The van der Waals surface area contributed by atoms with E-state index in [0.29, 0.717) is 5.41 Å². The molecule has 0 heterocycles. The molecular weight excluding hydrogens is 164 g/mol. The van der Waals surface area contributed by atoms with Crippen LogP contribution in [0.3, 0.4) is 0 Å². The minimum Gasteiger partial charge on any atom is -0.385 e. The van der Waals surface area contributed by atoms with E-state index in [-0.39, 0.29) is 6.04 Å². The Morgan fingerprint density at radius 2 is 2.23 bits per heavy atom. The average Bonchev–Trinajstić information content (AvgIpc) is 2.80. The second-order valence-electron chi connectivity index (χ2n) is 4.48. The Labute approximate surface area is 81.0 Å². The van der Waals surface area contributed by atoms with Crippen molar-refractivity contribution in [1.29, 1.82) is 0 Å². The summed E-state index contributed by atoms with van der Waals surface area (Å²) in [5.74, 6) is 0. The summed E-state index contributed by atoms with van der Waals surface area (Å²) < 4.78 is 4.96. The standard InChI is InChI=1S/C10H22N2O/c1-10(4-5-10)8-12-7-9(11)3-6-13-2/h9,12H,3-8,11H2,1-2H3. The Kier molecular flexibility index (Phi) is 4.16. The van der Waals surface area contributed by atoms with Crippen molar-refractivity contribution in [2.45, 2.75) is 32.2 Å². The maximum absolute atomic E-state index is 5.87. The van der Waals surface area contributed by atoms with Crippen LogP contribution in [0.2, 0.25) is 0 Å². The van der Waals surface area contributed by atoms with Crippen molar-refractivity contribution >= 4 is 0 Å². The van der Waals surface area contributed by atoms with E-state index in [9.17, 15) is 0 Å². The average molecular weight is 186 g/mol. The molecule has 1 aliphatic carbocycles. The largest absolute Gasteiger partial charge is 0.385 e. The molecule has 0 amide bonds. The van der Waals surface area contributed by atoms with Gasteiger partial charge in [-0.2, -0.15) is 0 Å². The van der Waals surface area contributed by atoms with E-state index >= 15 is 0 Å². The molecule has 1 aliphatic rings. The number of nitrogens with one attached hydrogen (secondary N) is 1. The van der Waals surface area contributed by atoms with Crippen LogP contribution in [0.5, 0.6) is 0 Å². The smallest absolute Gasteiger partial charge is 0.0477 e. The van der Waals surface area contributed by atoms with Gasteiger partial charge in [-0.25, -0.2) is 0 Å². The van der Waals surface area contributed by atoms with Crippen molar-refractivity contribution in [2.24, 2.45) is 11.1 Å². The number of nitrogens with two attached hydrogens (primary N) is 1. The van der Waals surface area contributed by atoms with Gasteiger partial charge in [-0.1, -0.05) is 6.92 Å². The number of hydrogen-bond donors (Lipinski definition) is 2. The molecule has 0 aromatic rings. The second kappa shape index (κ2) is 4.94. The molecular formula is C10H22N2O. The SMILES string of the molecule is COCCC(N)CNCC1(C)CC1. The first kappa shape index (κ1) is 11.0. The van der Waals surface area contributed by atoms with Crippen LogP contribution in [0.15, 0.2) is 0 Å². The summed E-state index contributed by atoms with van der Waals surface area (Å²) >= 11 is 0. The highest BCUT2D eigenvalue weighted by atomic mass is 16.5. The first-order valence-corrected chi connectivity index (χ1v) is 5.11. The van der Waals surface area contributed by atoms with Gasteiger partial charge >= 0.3 is 0 Å². The van der Waals surface area contributed by atoms with E-state index < -0.39 is 0 Å². The summed E-state index contributed by atoms with van der Waals surface area (Å²) in [6.07, 6.45) is 3.68. The summed E-state index contributed by atoms with van der Waals surface area (Å²) in [7, 11) is 1.71. The molecule has 0 aromatic heterocycles. The lowest BCUT2D eigenvalue weighted by atomic mass is 10.1. The van der Waals surface area contributed by atoms with Gasteiger partial charge in [0.15, 0.2) is 0 Å². The van der Waals surface area contributed by atoms with E-state index in [0.717, 1.165) is 26.1 Å². The van der Waals surface area contributed by atoms with Gasteiger partial charge in [-0.15, -0.1) is 0 Å². The third-order valence-electron chi connectivity index (χ3n) is 2.75. The van der Waals surface area contributed by atoms with Gasteiger partial charge in [-0.05, 0) is 24.7 Å². The topological polar surface area (TPSA) is 47.3 Å². The monoisotopic (exact) mass is 186 g/mol. The molecule has 0 aromatic carbocycles. The number of rotatable bonds is 7. The lowest BCUT2D eigenvalue weighted by molar-refractivity contribution is 0.187. The van der Waals surface area contributed by atoms with Crippen LogP contribution in [-0.4, -0.2) is 32.8 Å². The van der Waals surface area contributed by atoms with Crippen LogP contribution in [-0.2, 0) is 4.74 Å². The number of ether oxygens (including phenoxy) is 1. The highest BCUT2D eigenvalue weighted by Crippen LogP contribution is 2.43. The minimum atomic E-state index is 0.238. The van der Waals surface area contributed by atoms with E-state index in [4.69, 9.17) is 10.5 Å². The predicted octanol–water partition coefficient (Wildman–Crippen LogP) is 0.740. The summed E-state index contributed by atoms with van der Waals surface area (Å²) in [5, 5.41) is 3.42. The molecule has 3 nitrogen and oxygen atoms in total. The van der Waals surface area contributed by atoms with E-state index in [2.05, 4.69) is 12.2 Å². The molecule has 3 N–H and O–H groups in total. The van der Waals surface area contributed by atoms with Gasteiger partial charge in [0, 0.05) is 32.8 Å². The number of hydrogen-bond acceptors (Lipinski definition) is 3. The molecule has 13 heavy (non-hydrogen) atoms. The van der Waals surface area contributed by atoms with E-state index in [1.165, 1.54) is 12.8 Å². The van der Waals surface area contributed by atoms with Crippen LogP contribution in [0.1, 0.15) is 26.2 Å². The molecule has 1 saturated carbocycles. The summed E-state index contributed by atoms with van der Waals surface area (Å²) in [6.45, 7) is 5.12. The van der Waals surface area contributed by atoms with Gasteiger partial charge in [-0.3, -0.25) is 0 Å². The summed E-state index contributed by atoms with van der Waals surface area (Å²) in [6, 6.07) is 0.238. The molecule has 0 saturated heterocycles. The molecule has 1 fully saturated rings. The van der Waals surface area contributed by atoms with Crippen LogP contribution in [0.25, 0.3) is 0 Å². The summed E-state index contributed by atoms with van der Waals surface area (Å²) in [4.78, 5) is 0. The molecule has 1 rings (SSSR count). The molecule has 0 bridgehead atoms. The summed E-state index contributed by atoms with van der Waals surface area (Å²) in [5.41, 5.74) is 6.45. The van der Waals surface area contributed by atoms with Crippen molar-refractivity contribution < 1.29 is 4.74 Å². The quantitative estimate of drug-likeness (QED) is 0.616. The van der Waals surface area contributed by atoms with Crippen molar-refractivity contribution in [3.05, 3.63) is 0 Å². The molecule has 3 heteroatoms. The number of methoxy groups -OCH3 is 1. The Hall–Kier alpha value is -0.120. The van der Waals surface area contributed by atoms with Crippen molar-refractivity contribution in [2.75, 3.05) is 26.8 Å². The van der Waals surface area contributed by atoms with Gasteiger partial charge < -0.3 is 15.8 Å². The third kappa shape index (κ3) is 4.60. The Morgan fingerprint density at radius 1 is 1.54 bits per heavy atom. The minimum absolute atomic E-state index is 0.238. The zero-order valence-electron chi connectivity index (χ0n) is 8.81. The maximum atomic E-state index is 5.87. The fourth-order valence-corrected chi connectivity index (χ4v) is 1.32. The van der Waals surface area contributed by atoms with Gasteiger partial charge in [0.1, 0.15) is 0 Å². The highest BCUT2D eigenvalue weighted by molar-refractivity contribution is 4.90. The predicted molar refractivity (Wildman–Crippen MR) is 54.7 cm³/mol. The molecule has 0 aliphatic heterocycles. The lowest BCUT2D eigenvalue weighted by Crippen LogP contribution is -2.36. The van der Waals surface area contributed by atoms with Crippen molar-refractivity contribution in [1.82, 2.24) is 5.32 Å². The molecule has 78 valence electrons. The van der Waals surface area contributed by atoms with Gasteiger partial charge in [0.2, 0.25) is 0 Å². The van der Waals surface area contributed by atoms with Gasteiger partial charge in [0.05, 0.1) is 0 Å². The normalized spacial score (nSPS) is 21.5. The fourth-order valence-electron chi connectivity index (χ4n) is 1.32. The van der Waals surface area contributed by atoms with Crippen LogP contribution >= 0.6 is 0 Å². The molecule has 0 spiro atoms. The first-order chi connectivity index (χ1) is 6.16. The molecule has 1 unspecified atom stereocenters. The van der Waals surface area contributed by atoms with E-state index in [1.54, 1.807) is 7.11 Å². The molecule has 0 radical (unpaired) electrons. The Bertz CT molecular complexity index is 146. The Morgan fingerprint density at radius 3 is 2.77 bits per heavy atom. The zero-order valence-corrected chi connectivity index (χ0v) is 8.81. The molecule has 1 atom stereocenters. The van der Waals surface area contributed by atoms with Crippen LogP contribution in [0, 0.1) is 5.41 Å². The van der Waals surface area contributed by atoms with Crippen molar-refractivity contribution in [3.8, 4) is 0 Å². The highest BCUT2D eigenvalue weighted by Gasteiger charge is 2.36. The zero-order chi connectivity index (χ0) is 9.73.